The van der Waals surface area contributed by atoms with Crippen molar-refractivity contribution in [1.82, 2.24) is 15.1 Å². The first-order chi connectivity index (χ1) is 12.0. The number of likely N-dealkylation sites (tertiary alicyclic amines) is 1. The van der Waals surface area contributed by atoms with Crippen LogP contribution >= 0.6 is 0 Å². The number of amides is 2. The molecule has 1 aliphatic rings. The van der Waals surface area contributed by atoms with Gasteiger partial charge in [0.25, 0.3) is 0 Å². The molecule has 2 rings (SSSR count). The first kappa shape index (κ1) is 19.4. The highest BCUT2D eigenvalue weighted by Gasteiger charge is 2.39. The van der Waals surface area contributed by atoms with Gasteiger partial charge in [0.15, 0.2) is 0 Å². The highest BCUT2D eigenvalue weighted by Crippen LogP contribution is 2.36. The second kappa shape index (κ2) is 8.94. The van der Waals surface area contributed by atoms with E-state index in [1.165, 1.54) is 11.0 Å². The maximum atomic E-state index is 14.3. The number of piperidine rings is 1. The van der Waals surface area contributed by atoms with E-state index in [4.69, 9.17) is 0 Å². The molecular weight excluding hydrogens is 321 g/mol. The normalized spacial score (nSPS) is 20.8. The highest BCUT2D eigenvalue weighted by atomic mass is 19.1. The van der Waals surface area contributed by atoms with Crippen LogP contribution in [-0.2, 0) is 9.59 Å². The van der Waals surface area contributed by atoms with Crippen LogP contribution in [0.2, 0.25) is 0 Å². The van der Waals surface area contributed by atoms with E-state index in [0.717, 1.165) is 19.6 Å². The molecule has 0 spiro atoms. The fourth-order valence-electron chi connectivity index (χ4n) is 3.46. The van der Waals surface area contributed by atoms with Gasteiger partial charge in [0.1, 0.15) is 5.82 Å². The molecule has 1 aromatic rings. The maximum absolute atomic E-state index is 14.3. The number of likely N-dealkylation sites (N-methyl/N-ethyl adjacent to an activating group) is 1. The standard InChI is InChI=1S/C19H28FN3O2/c1-4-23(5-2)13-12-21-19(25)15-10-11-17(24)22(3)18(15)14-8-6-7-9-16(14)20/h6-9,15,18H,4-5,10-13H2,1-3H3,(H,21,25). The van der Waals surface area contributed by atoms with Crippen molar-refractivity contribution in [2.45, 2.75) is 32.7 Å². The molecule has 1 saturated heterocycles. The Morgan fingerprint density at radius 2 is 2.00 bits per heavy atom. The molecule has 2 atom stereocenters. The summed E-state index contributed by atoms with van der Waals surface area (Å²) in [4.78, 5) is 28.6. The Labute approximate surface area is 149 Å². The molecule has 0 saturated carbocycles. The predicted octanol–water partition coefficient (Wildman–Crippen LogP) is 2.19. The first-order valence-electron chi connectivity index (χ1n) is 8.99. The number of rotatable bonds is 7. The molecule has 1 aromatic carbocycles. The van der Waals surface area contributed by atoms with Gasteiger partial charge in [-0.25, -0.2) is 4.39 Å². The average molecular weight is 349 g/mol. The second-order valence-corrected chi connectivity index (χ2v) is 6.43. The third-order valence-electron chi connectivity index (χ3n) is 5.04. The molecule has 138 valence electrons. The van der Waals surface area contributed by atoms with Crippen LogP contribution in [0, 0.1) is 11.7 Å². The molecule has 0 radical (unpaired) electrons. The number of carbonyl (C=O) groups excluding carboxylic acids is 2. The van der Waals surface area contributed by atoms with Crippen LogP contribution < -0.4 is 5.32 Å². The zero-order valence-electron chi connectivity index (χ0n) is 15.3. The summed E-state index contributed by atoms with van der Waals surface area (Å²) in [5.41, 5.74) is 0.405. The summed E-state index contributed by atoms with van der Waals surface area (Å²) in [6.07, 6.45) is 0.759. The third-order valence-corrected chi connectivity index (χ3v) is 5.04. The van der Waals surface area contributed by atoms with E-state index in [1.54, 1.807) is 25.2 Å². The van der Waals surface area contributed by atoms with Crippen LogP contribution in [0.1, 0.15) is 38.3 Å². The van der Waals surface area contributed by atoms with Gasteiger partial charge in [-0.1, -0.05) is 32.0 Å². The van der Waals surface area contributed by atoms with E-state index >= 15 is 0 Å². The minimum Gasteiger partial charge on any atom is -0.354 e. The number of halogens is 1. The molecule has 1 N–H and O–H groups in total. The smallest absolute Gasteiger partial charge is 0.225 e. The Balaban J connectivity index is 2.12. The molecule has 2 amide bonds. The summed E-state index contributed by atoms with van der Waals surface area (Å²) >= 11 is 0. The van der Waals surface area contributed by atoms with Gasteiger partial charge in [0.05, 0.1) is 12.0 Å². The van der Waals surface area contributed by atoms with Crippen molar-refractivity contribution >= 4 is 11.8 Å². The van der Waals surface area contributed by atoms with E-state index in [1.807, 2.05) is 0 Å². The number of carbonyl (C=O) groups is 2. The number of hydrogen-bond donors (Lipinski definition) is 1. The molecule has 6 heteroatoms. The minimum absolute atomic E-state index is 0.0551. The zero-order valence-corrected chi connectivity index (χ0v) is 15.3. The monoisotopic (exact) mass is 349 g/mol. The summed E-state index contributed by atoms with van der Waals surface area (Å²) in [5, 5.41) is 2.97. The summed E-state index contributed by atoms with van der Waals surface area (Å²) in [6.45, 7) is 7.38. The summed E-state index contributed by atoms with van der Waals surface area (Å²) in [5.74, 6) is -0.980. The molecular formula is C19H28FN3O2. The average Bonchev–Trinajstić information content (AvgIpc) is 2.61. The Bertz CT molecular complexity index is 604. The van der Waals surface area contributed by atoms with Crippen molar-refractivity contribution in [3.63, 3.8) is 0 Å². The molecule has 0 bridgehead atoms. The van der Waals surface area contributed by atoms with E-state index < -0.39 is 12.0 Å². The fourth-order valence-corrected chi connectivity index (χ4v) is 3.46. The van der Waals surface area contributed by atoms with Gasteiger partial charge in [-0.15, -0.1) is 0 Å². The van der Waals surface area contributed by atoms with Gasteiger partial charge in [0, 0.05) is 32.1 Å². The Hall–Kier alpha value is -1.95. The van der Waals surface area contributed by atoms with E-state index in [-0.39, 0.29) is 17.6 Å². The van der Waals surface area contributed by atoms with Gasteiger partial charge in [-0.2, -0.15) is 0 Å². The molecule has 5 nitrogen and oxygen atoms in total. The van der Waals surface area contributed by atoms with E-state index in [2.05, 4.69) is 24.1 Å². The molecule has 25 heavy (non-hydrogen) atoms. The predicted molar refractivity (Wildman–Crippen MR) is 95.4 cm³/mol. The lowest BCUT2D eigenvalue weighted by molar-refractivity contribution is -0.141. The fraction of sp³-hybridized carbons (Fsp3) is 0.579. The lowest BCUT2D eigenvalue weighted by Gasteiger charge is -2.38. The Morgan fingerprint density at radius 3 is 2.64 bits per heavy atom. The highest BCUT2D eigenvalue weighted by molar-refractivity contribution is 5.84. The first-order valence-corrected chi connectivity index (χ1v) is 8.99. The van der Waals surface area contributed by atoms with Gasteiger partial charge < -0.3 is 15.1 Å². The van der Waals surface area contributed by atoms with Crippen LogP contribution in [-0.4, -0.2) is 54.8 Å². The summed E-state index contributed by atoms with van der Waals surface area (Å²) in [7, 11) is 1.65. The summed E-state index contributed by atoms with van der Waals surface area (Å²) in [6, 6.07) is 5.82. The largest absolute Gasteiger partial charge is 0.354 e. The van der Waals surface area contributed by atoms with Crippen LogP contribution in [0.15, 0.2) is 24.3 Å². The number of nitrogens with zero attached hydrogens (tertiary/aromatic N) is 2. The van der Waals surface area contributed by atoms with Crippen LogP contribution in [0.3, 0.4) is 0 Å². The minimum atomic E-state index is -0.559. The topological polar surface area (TPSA) is 52.7 Å². The van der Waals surface area contributed by atoms with Gasteiger partial charge >= 0.3 is 0 Å². The van der Waals surface area contributed by atoms with Gasteiger partial charge in [-0.3, -0.25) is 9.59 Å². The maximum Gasteiger partial charge on any atom is 0.225 e. The number of nitrogens with one attached hydrogen (secondary N) is 1. The van der Waals surface area contributed by atoms with Crippen molar-refractivity contribution in [2.24, 2.45) is 5.92 Å². The molecule has 1 aliphatic heterocycles. The van der Waals surface area contributed by atoms with Crippen molar-refractivity contribution in [3.8, 4) is 0 Å². The van der Waals surface area contributed by atoms with Crippen molar-refractivity contribution in [2.75, 3.05) is 33.2 Å². The van der Waals surface area contributed by atoms with Gasteiger partial charge in [-0.05, 0) is 25.6 Å². The zero-order chi connectivity index (χ0) is 18.4. The molecule has 2 unspecified atom stereocenters. The van der Waals surface area contributed by atoms with Crippen LogP contribution in [0.25, 0.3) is 0 Å². The van der Waals surface area contributed by atoms with E-state index in [0.29, 0.717) is 24.9 Å². The van der Waals surface area contributed by atoms with Crippen LogP contribution in [0.4, 0.5) is 4.39 Å². The quantitative estimate of drug-likeness (QED) is 0.821. The Morgan fingerprint density at radius 1 is 1.32 bits per heavy atom. The molecule has 1 fully saturated rings. The number of benzene rings is 1. The Kier molecular flexibility index (Phi) is 6.93. The lowest BCUT2D eigenvalue weighted by atomic mass is 9.83. The second-order valence-electron chi connectivity index (χ2n) is 6.43. The third kappa shape index (κ3) is 4.57. The molecule has 1 heterocycles. The molecule has 0 aromatic heterocycles. The number of hydrogen-bond acceptors (Lipinski definition) is 3. The van der Waals surface area contributed by atoms with Crippen molar-refractivity contribution < 1.29 is 14.0 Å². The van der Waals surface area contributed by atoms with E-state index in [9.17, 15) is 14.0 Å². The molecule has 0 aliphatic carbocycles. The van der Waals surface area contributed by atoms with Crippen molar-refractivity contribution in [3.05, 3.63) is 35.6 Å². The SMILES string of the molecule is CCN(CC)CCNC(=O)C1CCC(=O)N(C)C1c1ccccc1F. The summed E-state index contributed by atoms with van der Waals surface area (Å²) < 4.78 is 14.3. The van der Waals surface area contributed by atoms with Gasteiger partial charge in [0.2, 0.25) is 11.8 Å². The lowest BCUT2D eigenvalue weighted by Crippen LogP contribution is -2.47. The van der Waals surface area contributed by atoms with Crippen LogP contribution in [0.5, 0.6) is 0 Å². The van der Waals surface area contributed by atoms with Crippen molar-refractivity contribution in [1.29, 1.82) is 0 Å².